The molecule has 2 aromatic heterocycles. The summed E-state index contributed by atoms with van der Waals surface area (Å²) in [6.45, 7) is 0. The van der Waals surface area contributed by atoms with Crippen LogP contribution in [-0.2, 0) is 0 Å². The zero-order chi connectivity index (χ0) is 33.8. The maximum absolute atomic E-state index is 10.4. The van der Waals surface area contributed by atoms with Crippen molar-refractivity contribution < 1.29 is 0 Å². The fraction of sp³-hybridized carbons (Fsp3) is 0.0444. The van der Waals surface area contributed by atoms with E-state index in [1.807, 2.05) is 42.5 Å². The average molecular weight is 638 g/mol. The molecule has 5 heteroatoms. The maximum Gasteiger partial charge on any atom is 0.0998 e. The second-order valence-corrected chi connectivity index (χ2v) is 12.6. The first-order chi connectivity index (χ1) is 24.7. The van der Waals surface area contributed by atoms with E-state index in [9.17, 15) is 15.8 Å². The van der Waals surface area contributed by atoms with Gasteiger partial charge in [0.05, 0.1) is 63.2 Å². The number of fused-ring (bicyclic) bond motifs is 6. The van der Waals surface area contributed by atoms with Crippen molar-refractivity contribution in [3.8, 4) is 51.8 Å². The number of nitriles is 3. The van der Waals surface area contributed by atoms with Crippen molar-refractivity contribution in [1.82, 2.24) is 9.13 Å². The van der Waals surface area contributed by atoms with Gasteiger partial charge in [-0.2, -0.15) is 15.8 Å². The molecule has 0 saturated heterocycles. The Morgan fingerprint density at radius 1 is 0.560 bits per heavy atom. The Balaban J connectivity index is 1.13. The SMILES string of the molecule is N#Cc1ccc2c(c1)c1c(n2-c2ccc(-c3ccc(-c4ccccc4-n4c5ccccc5c5ccccc54)cc3)c(C#N)c2)C=CCC1C#N. The quantitative estimate of drug-likeness (QED) is 0.193. The zero-order valence-electron chi connectivity index (χ0n) is 26.9. The highest BCUT2D eigenvalue weighted by molar-refractivity contribution is 6.09. The van der Waals surface area contributed by atoms with Gasteiger partial charge in [0.15, 0.2) is 0 Å². The number of allylic oxidation sites excluding steroid dienone is 1. The number of hydrogen-bond acceptors (Lipinski definition) is 3. The lowest BCUT2D eigenvalue weighted by Gasteiger charge is -2.16. The number of aromatic nitrogens is 2. The fourth-order valence-electron chi connectivity index (χ4n) is 7.70. The summed E-state index contributed by atoms with van der Waals surface area (Å²) in [5.74, 6) is -0.305. The van der Waals surface area contributed by atoms with Crippen molar-refractivity contribution in [2.24, 2.45) is 0 Å². The molecule has 1 aliphatic rings. The molecule has 1 unspecified atom stereocenters. The minimum Gasteiger partial charge on any atom is -0.310 e. The summed E-state index contributed by atoms with van der Waals surface area (Å²) in [7, 11) is 0. The Kier molecular flexibility index (Phi) is 6.70. The standard InChI is InChI=1S/C45H27N5/c46-26-29-16-23-43-39(24-29)45-32(27-47)8-7-15-44(45)49(43)34-21-22-35(33(25-34)28-48)30-17-19-31(20-18-30)36-9-1-4-12-40(36)50-41-13-5-2-10-37(41)38-11-3-6-14-42(38)50/h1-7,9-25,32H,8H2. The smallest absolute Gasteiger partial charge is 0.0998 e. The van der Waals surface area contributed by atoms with Gasteiger partial charge in [-0.25, -0.2) is 0 Å². The molecule has 0 saturated carbocycles. The van der Waals surface area contributed by atoms with Gasteiger partial charge in [-0.3, -0.25) is 0 Å². The summed E-state index contributed by atoms with van der Waals surface area (Å²) in [5.41, 5.74) is 12.1. The Bertz CT molecular complexity index is 2770. The van der Waals surface area contributed by atoms with Crippen LogP contribution in [0.1, 0.15) is 34.7 Å². The number of benzene rings is 6. The molecule has 0 N–H and O–H groups in total. The molecule has 1 aliphatic carbocycles. The van der Waals surface area contributed by atoms with E-state index >= 15 is 0 Å². The van der Waals surface area contributed by atoms with Crippen LogP contribution in [0.5, 0.6) is 0 Å². The van der Waals surface area contributed by atoms with E-state index in [0.29, 0.717) is 17.5 Å². The van der Waals surface area contributed by atoms with Gasteiger partial charge in [0.2, 0.25) is 0 Å². The van der Waals surface area contributed by atoms with Gasteiger partial charge in [0, 0.05) is 33.0 Å². The van der Waals surface area contributed by atoms with Crippen molar-refractivity contribution in [3.63, 3.8) is 0 Å². The first-order valence-electron chi connectivity index (χ1n) is 16.6. The molecule has 0 fully saturated rings. The molecule has 5 nitrogen and oxygen atoms in total. The molecule has 8 aromatic rings. The Labute approximate surface area is 289 Å². The van der Waals surface area contributed by atoms with E-state index in [4.69, 9.17) is 0 Å². The first kappa shape index (κ1) is 29.0. The van der Waals surface area contributed by atoms with E-state index in [1.165, 1.54) is 10.8 Å². The van der Waals surface area contributed by atoms with Crippen LogP contribution >= 0.6 is 0 Å². The van der Waals surface area contributed by atoms with Crippen LogP contribution in [0.25, 0.3) is 72.4 Å². The van der Waals surface area contributed by atoms with Crippen molar-refractivity contribution >= 4 is 38.8 Å². The van der Waals surface area contributed by atoms with Gasteiger partial charge in [-0.1, -0.05) is 91.0 Å². The number of rotatable bonds is 4. The summed E-state index contributed by atoms with van der Waals surface area (Å²) in [5, 5.41) is 33.3. The highest BCUT2D eigenvalue weighted by Gasteiger charge is 2.26. The van der Waals surface area contributed by atoms with E-state index in [0.717, 1.165) is 66.8 Å². The number of hydrogen-bond donors (Lipinski definition) is 0. The van der Waals surface area contributed by atoms with Gasteiger partial charge >= 0.3 is 0 Å². The second-order valence-electron chi connectivity index (χ2n) is 12.6. The molecule has 9 rings (SSSR count). The van der Waals surface area contributed by atoms with Crippen molar-refractivity contribution in [1.29, 1.82) is 15.8 Å². The van der Waals surface area contributed by atoms with Crippen molar-refractivity contribution in [2.75, 3.05) is 0 Å². The molecule has 0 spiro atoms. The highest BCUT2D eigenvalue weighted by atomic mass is 15.0. The lowest BCUT2D eigenvalue weighted by molar-refractivity contribution is 0.863. The van der Waals surface area contributed by atoms with Gasteiger partial charge < -0.3 is 9.13 Å². The first-order valence-corrected chi connectivity index (χ1v) is 16.6. The molecular weight excluding hydrogens is 611 g/mol. The van der Waals surface area contributed by atoms with Crippen LogP contribution in [0.3, 0.4) is 0 Å². The molecule has 0 radical (unpaired) electrons. The highest BCUT2D eigenvalue weighted by Crippen LogP contribution is 2.41. The zero-order valence-corrected chi connectivity index (χ0v) is 26.9. The predicted octanol–water partition coefficient (Wildman–Crippen LogP) is 10.8. The molecule has 232 valence electrons. The van der Waals surface area contributed by atoms with Gasteiger partial charge in [-0.05, 0) is 77.7 Å². The molecule has 2 heterocycles. The van der Waals surface area contributed by atoms with Crippen molar-refractivity contribution in [3.05, 3.63) is 162 Å². The topological polar surface area (TPSA) is 81.2 Å². The molecular formula is C45H27N5. The van der Waals surface area contributed by atoms with Crippen LogP contribution < -0.4 is 0 Å². The third-order valence-electron chi connectivity index (χ3n) is 9.94. The molecule has 0 bridgehead atoms. The molecule has 50 heavy (non-hydrogen) atoms. The largest absolute Gasteiger partial charge is 0.310 e. The summed E-state index contributed by atoms with van der Waals surface area (Å²) in [4.78, 5) is 0. The van der Waals surface area contributed by atoms with Crippen LogP contribution in [0.4, 0.5) is 0 Å². The monoisotopic (exact) mass is 637 g/mol. The molecule has 1 atom stereocenters. The lowest BCUT2D eigenvalue weighted by Crippen LogP contribution is -2.04. The second kappa shape index (κ2) is 11.5. The summed E-state index contributed by atoms with van der Waals surface area (Å²) in [6.07, 6.45) is 4.70. The average Bonchev–Trinajstić information content (AvgIpc) is 3.70. The van der Waals surface area contributed by atoms with Crippen molar-refractivity contribution in [2.45, 2.75) is 12.3 Å². The Morgan fingerprint density at radius 3 is 1.92 bits per heavy atom. The normalized spacial score (nSPS) is 13.6. The maximum atomic E-state index is 10.4. The Hall–Kier alpha value is -7.13. The van der Waals surface area contributed by atoms with E-state index < -0.39 is 0 Å². The lowest BCUT2D eigenvalue weighted by atomic mass is 9.90. The molecule has 0 aliphatic heterocycles. The van der Waals surface area contributed by atoms with E-state index in [2.05, 4.69) is 124 Å². The third kappa shape index (κ3) is 4.37. The fourth-order valence-corrected chi connectivity index (χ4v) is 7.70. The summed E-state index contributed by atoms with van der Waals surface area (Å²) >= 11 is 0. The van der Waals surface area contributed by atoms with E-state index in [1.54, 1.807) is 6.07 Å². The molecule has 6 aromatic carbocycles. The third-order valence-corrected chi connectivity index (χ3v) is 9.94. The number of nitrogens with zero attached hydrogens (tertiary/aromatic N) is 5. The van der Waals surface area contributed by atoms with Gasteiger partial charge in [0.1, 0.15) is 0 Å². The predicted molar refractivity (Wildman–Crippen MR) is 200 cm³/mol. The summed E-state index contributed by atoms with van der Waals surface area (Å²) in [6, 6.07) is 52.7. The Morgan fingerprint density at radius 2 is 1.22 bits per heavy atom. The molecule has 0 amide bonds. The van der Waals surface area contributed by atoms with Gasteiger partial charge in [-0.15, -0.1) is 0 Å². The minimum atomic E-state index is -0.305. The van der Waals surface area contributed by atoms with Crippen LogP contribution in [-0.4, -0.2) is 9.13 Å². The van der Waals surface area contributed by atoms with E-state index in [-0.39, 0.29) is 5.92 Å². The minimum absolute atomic E-state index is 0.305. The van der Waals surface area contributed by atoms with Gasteiger partial charge in [0.25, 0.3) is 0 Å². The van der Waals surface area contributed by atoms with Crippen LogP contribution in [0.2, 0.25) is 0 Å². The number of para-hydroxylation sites is 3. The van der Waals surface area contributed by atoms with Crippen LogP contribution in [0, 0.1) is 34.0 Å². The van der Waals surface area contributed by atoms with Crippen LogP contribution in [0.15, 0.2) is 140 Å². The summed E-state index contributed by atoms with van der Waals surface area (Å²) < 4.78 is 4.45.